The molecule has 0 spiro atoms. The molecule has 0 amide bonds. The summed E-state index contributed by atoms with van der Waals surface area (Å²) in [7, 11) is 0. The molecule has 2 aromatic carbocycles. The molecule has 102 valence electrons. The number of nitrogens with one attached hydrogen (secondary N) is 2. The molecular weight excluding hydrogens is 248 g/mol. The molecule has 3 nitrogen and oxygen atoms in total. The quantitative estimate of drug-likeness (QED) is 0.727. The van der Waals surface area contributed by atoms with Crippen molar-refractivity contribution in [2.75, 3.05) is 11.9 Å². The number of H-pyrrole nitrogens is 1. The lowest BCUT2D eigenvalue weighted by atomic mass is 10.1. The summed E-state index contributed by atoms with van der Waals surface area (Å²) in [5, 5.41) is 4.67. The van der Waals surface area contributed by atoms with Crippen LogP contribution in [-0.4, -0.2) is 11.6 Å². The van der Waals surface area contributed by atoms with Gasteiger partial charge in [0.15, 0.2) is 0 Å². The van der Waals surface area contributed by atoms with Gasteiger partial charge in [0.25, 0.3) is 0 Å². The Morgan fingerprint density at radius 2 is 1.90 bits per heavy atom. The van der Waals surface area contributed by atoms with E-state index in [2.05, 4.69) is 34.6 Å². The van der Waals surface area contributed by atoms with Gasteiger partial charge in [-0.15, -0.1) is 0 Å². The van der Waals surface area contributed by atoms with E-state index >= 15 is 0 Å². The summed E-state index contributed by atoms with van der Waals surface area (Å²) in [6.45, 7) is 3.50. The molecule has 3 heteroatoms. The minimum absolute atomic E-state index is 0.698. The molecule has 0 aliphatic heterocycles. The number of hydrogen-bond acceptors (Lipinski definition) is 2. The Morgan fingerprint density at radius 3 is 2.70 bits per heavy atom. The lowest BCUT2D eigenvalue weighted by molar-refractivity contribution is 0.340. The second-order valence-corrected chi connectivity index (χ2v) is 4.71. The van der Waals surface area contributed by atoms with E-state index in [-0.39, 0.29) is 0 Å². The van der Waals surface area contributed by atoms with Crippen LogP contribution in [0.25, 0.3) is 10.9 Å². The first-order chi connectivity index (χ1) is 9.85. The molecule has 0 saturated carbocycles. The monoisotopic (exact) mass is 266 g/mol. The minimum atomic E-state index is 0.698. The maximum Gasteiger partial charge on any atom is 0.119 e. The number of anilines is 1. The summed E-state index contributed by atoms with van der Waals surface area (Å²) in [5.41, 5.74) is 3.54. The molecule has 0 saturated heterocycles. The maximum atomic E-state index is 5.43. The van der Waals surface area contributed by atoms with Crippen LogP contribution in [0.2, 0.25) is 0 Å². The number of ether oxygens (including phenoxy) is 1. The lowest BCUT2D eigenvalue weighted by Gasteiger charge is -2.08. The van der Waals surface area contributed by atoms with E-state index in [1.165, 1.54) is 16.5 Å². The van der Waals surface area contributed by atoms with Crippen LogP contribution < -0.4 is 10.1 Å². The summed E-state index contributed by atoms with van der Waals surface area (Å²) in [6.07, 6.45) is 1.97. The fourth-order valence-electron chi connectivity index (χ4n) is 2.25. The predicted octanol–water partition coefficient (Wildman–Crippen LogP) is 4.18. The third kappa shape index (κ3) is 2.77. The standard InChI is InChI=1S/C17H18N2O/c1-2-20-16-6-4-15(5-7-16)19-12-13-3-8-17-14(11-13)9-10-18-17/h3-11,18-19H,2,12H2,1H3. The van der Waals surface area contributed by atoms with E-state index in [1.807, 2.05) is 37.4 Å². The number of rotatable bonds is 5. The Morgan fingerprint density at radius 1 is 1.05 bits per heavy atom. The maximum absolute atomic E-state index is 5.43. The van der Waals surface area contributed by atoms with Crippen LogP contribution in [0.15, 0.2) is 54.7 Å². The zero-order valence-electron chi connectivity index (χ0n) is 11.5. The smallest absolute Gasteiger partial charge is 0.119 e. The zero-order chi connectivity index (χ0) is 13.8. The van der Waals surface area contributed by atoms with Crippen molar-refractivity contribution in [1.82, 2.24) is 4.98 Å². The molecule has 0 aliphatic rings. The molecule has 1 aromatic heterocycles. The number of benzene rings is 2. The molecular formula is C17H18N2O. The van der Waals surface area contributed by atoms with Crippen molar-refractivity contribution >= 4 is 16.6 Å². The van der Waals surface area contributed by atoms with Gasteiger partial charge in [0, 0.05) is 23.9 Å². The molecule has 20 heavy (non-hydrogen) atoms. The van der Waals surface area contributed by atoms with Crippen molar-refractivity contribution in [2.24, 2.45) is 0 Å². The fraction of sp³-hybridized carbons (Fsp3) is 0.176. The normalized spacial score (nSPS) is 10.7. The van der Waals surface area contributed by atoms with Crippen molar-refractivity contribution in [1.29, 1.82) is 0 Å². The Hall–Kier alpha value is -2.42. The van der Waals surface area contributed by atoms with Gasteiger partial charge in [0.2, 0.25) is 0 Å². The van der Waals surface area contributed by atoms with Crippen LogP contribution in [0.4, 0.5) is 5.69 Å². The van der Waals surface area contributed by atoms with Gasteiger partial charge in [-0.2, -0.15) is 0 Å². The topological polar surface area (TPSA) is 37.0 Å². The molecule has 2 N–H and O–H groups in total. The van der Waals surface area contributed by atoms with Gasteiger partial charge >= 0.3 is 0 Å². The first kappa shape index (κ1) is 12.6. The summed E-state index contributed by atoms with van der Waals surface area (Å²) in [5.74, 6) is 0.909. The van der Waals surface area contributed by atoms with Gasteiger partial charge < -0.3 is 15.0 Å². The molecule has 3 rings (SSSR count). The van der Waals surface area contributed by atoms with E-state index in [0.29, 0.717) is 6.61 Å². The number of aromatic nitrogens is 1. The van der Waals surface area contributed by atoms with E-state index < -0.39 is 0 Å². The third-order valence-corrected chi connectivity index (χ3v) is 3.28. The molecule has 0 bridgehead atoms. The molecule has 0 radical (unpaired) electrons. The van der Waals surface area contributed by atoms with Gasteiger partial charge in [-0.3, -0.25) is 0 Å². The van der Waals surface area contributed by atoms with Gasteiger partial charge in [0.05, 0.1) is 6.61 Å². The van der Waals surface area contributed by atoms with Crippen molar-refractivity contribution in [3.63, 3.8) is 0 Å². The summed E-state index contributed by atoms with van der Waals surface area (Å²) in [4.78, 5) is 3.20. The van der Waals surface area contributed by atoms with Gasteiger partial charge in [-0.1, -0.05) is 6.07 Å². The Bertz CT molecular complexity index is 686. The SMILES string of the molecule is CCOc1ccc(NCc2ccc3[nH]ccc3c2)cc1. The highest BCUT2D eigenvalue weighted by Crippen LogP contribution is 2.18. The van der Waals surface area contributed by atoms with Crippen LogP contribution in [0.3, 0.4) is 0 Å². The lowest BCUT2D eigenvalue weighted by Crippen LogP contribution is -1.99. The first-order valence-corrected chi connectivity index (χ1v) is 6.88. The minimum Gasteiger partial charge on any atom is -0.494 e. The van der Waals surface area contributed by atoms with Crippen molar-refractivity contribution in [2.45, 2.75) is 13.5 Å². The van der Waals surface area contributed by atoms with Crippen LogP contribution in [0, 0.1) is 0 Å². The van der Waals surface area contributed by atoms with Crippen LogP contribution in [0.5, 0.6) is 5.75 Å². The van der Waals surface area contributed by atoms with Gasteiger partial charge in [-0.05, 0) is 60.3 Å². The molecule has 1 heterocycles. The predicted molar refractivity (Wildman–Crippen MR) is 83.2 cm³/mol. The van der Waals surface area contributed by atoms with E-state index in [9.17, 15) is 0 Å². The van der Waals surface area contributed by atoms with Crippen LogP contribution >= 0.6 is 0 Å². The fourth-order valence-corrected chi connectivity index (χ4v) is 2.25. The zero-order valence-corrected chi connectivity index (χ0v) is 11.5. The molecule has 3 aromatic rings. The van der Waals surface area contributed by atoms with Crippen molar-refractivity contribution < 1.29 is 4.74 Å². The number of hydrogen-bond donors (Lipinski definition) is 2. The first-order valence-electron chi connectivity index (χ1n) is 6.88. The second-order valence-electron chi connectivity index (χ2n) is 4.71. The summed E-state index contributed by atoms with van der Waals surface area (Å²) in [6, 6.07) is 16.6. The largest absolute Gasteiger partial charge is 0.494 e. The molecule has 0 aliphatic carbocycles. The van der Waals surface area contributed by atoms with Gasteiger partial charge in [-0.25, -0.2) is 0 Å². The third-order valence-electron chi connectivity index (χ3n) is 3.28. The number of aromatic amines is 1. The van der Waals surface area contributed by atoms with Crippen molar-refractivity contribution in [3.05, 3.63) is 60.3 Å². The summed E-state index contributed by atoms with van der Waals surface area (Å²) >= 11 is 0. The van der Waals surface area contributed by atoms with E-state index in [4.69, 9.17) is 4.74 Å². The van der Waals surface area contributed by atoms with Crippen LogP contribution in [0.1, 0.15) is 12.5 Å². The molecule has 0 atom stereocenters. The highest BCUT2D eigenvalue weighted by molar-refractivity contribution is 5.79. The highest BCUT2D eigenvalue weighted by Gasteiger charge is 1.98. The average molecular weight is 266 g/mol. The Balaban J connectivity index is 1.66. The number of fused-ring (bicyclic) bond motifs is 1. The van der Waals surface area contributed by atoms with Crippen molar-refractivity contribution in [3.8, 4) is 5.75 Å². The molecule has 0 unspecified atom stereocenters. The van der Waals surface area contributed by atoms with Crippen LogP contribution in [-0.2, 0) is 6.54 Å². The second kappa shape index (κ2) is 5.70. The van der Waals surface area contributed by atoms with E-state index in [0.717, 1.165) is 18.0 Å². The highest BCUT2D eigenvalue weighted by atomic mass is 16.5. The average Bonchev–Trinajstić information content (AvgIpc) is 2.94. The Labute approximate surface area is 118 Å². The van der Waals surface area contributed by atoms with Gasteiger partial charge in [0.1, 0.15) is 5.75 Å². The van der Waals surface area contributed by atoms with E-state index in [1.54, 1.807) is 0 Å². The summed E-state index contributed by atoms with van der Waals surface area (Å²) < 4.78 is 5.43. The molecule has 0 fully saturated rings. The Kier molecular flexibility index (Phi) is 3.59.